The van der Waals surface area contributed by atoms with Gasteiger partial charge in [-0.25, -0.2) is 14.4 Å². The zero-order valence-corrected chi connectivity index (χ0v) is 28.9. The average molecular weight is 686 g/mol. The van der Waals surface area contributed by atoms with E-state index in [1.54, 1.807) is 23.2 Å². The van der Waals surface area contributed by atoms with Gasteiger partial charge in [-0.05, 0) is 80.5 Å². The summed E-state index contributed by atoms with van der Waals surface area (Å²) in [6.07, 6.45) is 6.19. The van der Waals surface area contributed by atoms with E-state index in [9.17, 15) is 14.0 Å². The number of hydrogen-bond acceptors (Lipinski definition) is 7. The number of halogens is 3. The maximum Gasteiger partial charge on any atom is 0.263 e. The molecule has 5 heterocycles. The first-order valence-electron chi connectivity index (χ1n) is 16.2. The molecule has 0 unspecified atom stereocenters. The van der Waals surface area contributed by atoms with E-state index in [4.69, 9.17) is 28.2 Å². The van der Waals surface area contributed by atoms with Gasteiger partial charge in [-0.3, -0.25) is 9.59 Å². The lowest BCUT2D eigenvalue weighted by Crippen LogP contribution is -2.62. The molecule has 0 bridgehead atoms. The predicted octanol–water partition coefficient (Wildman–Crippen LogP) is 6.50. The third-order valence-corrected chi connectivity index (χ3v) is 11.9. The van der Waals surface area contributed by atoms with Crippen LogP contribution in [0.5, 0.6) is 0 Å². The number of aromatic nitrogens is 1. The van der Waals surface area contributed by atoms with E-state index in [2.05, 4.69) is 40.9 Å². The minimum Gasteiger partial charge on any atom is -0.335 e. The summed E-state index contributed by atoms with van der Waals surface area (Å²) in [5.41, 5.74) is 1.50. The monoisotopic (exact) mass is 684 g/mol. The number of fused-ring (bicyclic) bond motifs is 1. The van der Waals surface area contributed by atoms with Crippen LogP contribution in [0.3, 0.4) is 0 Å². The Bertz CT molecular complexity index is 1650. The van der Waals surface area contributed by atoms with E-state index in [0.717, 1.165) is 43.5 Å². The van der Waals surface area contributed by atoms with Crippen molar-refractivity contribution in [3.8, 4) is 0 Å². The normalized spacial score (nSPS) is 28.4. The van der Waals surface area contributed by atoms with Crippen molar-refractivity contribution in [2.75, 3.05) is 19.6 Å². The van der Waals surface area contributed by atoms with E-state index in [0.29, 0.717) is 40.3 Å². The molecule has 12 heteroatoms. The number of allylic oxidation sites excluding steroid dienone is 1. The van der Waals surface area contributed by atoms with E-state index < -0.39 is 23.4 Å². The lowest BCUT2D eigenvalue weighted by molar-refractivity contribution is -0.145. The molecule has 2 saturated heterocycles. The highest BCUT2D eigenvalue weighted by Crippen LogP contribution is 2.56. The summed E-state index contributed by atoms with van der Waals surface area (Å²) in [6.45, 7) is 10.3. The number of amides is 2. The summed E-state index contributed by atoms with van der Waals surface area (Å²) in [6, 6.07) is 7.61. The van der Waals surface area contributed by atoms with Gasteiger partial charge in [0.25, 0.3) is 5.91 Å². The molecule has 46 heavy (non-hydrogen) atoms. The quantitative estimate of drug-likeness (QED) is 0.350. The standard InChI is InChI=1S/C34H39Cl2FN6O2S/c1-5-22-17-39-34(12-13-34)18-42(22)30(44)25-7-6-14-41(25)31(45)28-27(19(2)3)43-29(20-8-10-23(35)24(37)15-20)33(4,40-32(43)46-28)21-9-11-26(36)38-16-21/h8-11,15-16,19,22,25,29,39H,5-7,12-14,17-18H2,1-4H3/t22-,25+,29+,33-/m0/s1. The van der Waals surface area contributed by atoms with Crippen LogP contribution in [0.15, 0.2) is 52.1 Å². The van der Waals surface area contributed by atoms with E-state index in [1.165, 1.54) is 17.8 Å². The number of nitrogens with one attached hydrogen (secondary N) is 1. The predicted molar refractivity (Wildman–Crippen MR) is 180 cm³/mol. The second-order valence-electron chi connectivity index (χ2n) is 13.7. The molecule has 0 radical (unpaired) electrons. The van der Waals surface area contributed by atoms with Gasteiger partial charge in [0, 0.05) is 48.7 Å². The molecule has 2 aromatic rings. The fourth-order valence-electron chi connectivity index (χ4n) is 7.64. The largest absolute Gasteiger partial charge is 0.335 e. The van der Waals surface area contributed by atoms with Gasteiger partial charge in [0.1, 0.15) is 27.5 Å². The number of benzene rings is 1. The SMILES string of the molecule is CC[C@H]1CNC2(CC2)CN1C(=O)[C@H]1CCCN1C(=O)C1=C(C(C)C)N2C(=N[C@@](C)(c3ccc(Cl)nc3)[C@H]2c2ccc(Cl)c(F)c2)S1. The van der Waals surface area contributed by atoms with Crippen molar-refractivity contribution in [1.82, 2.24) is 25.0 Å². The van der Waals surface area contributed by atoms with Gasteiger partial charge in [0.2, 0.25) is 5.91 Å². The van der Waals surface area contributed by atoms with Crippen molar-refractivity contribution < 1.29 is 14.0 Å². The minimum absolute atomic E-state index is 0.0381. The molecule has 5 aliphatic rings. The van der Waals surface area contributed by atoms with E-state index >= 15 is 0 Å². The van der Waals surface area contributed by atoms with Crippen molar-refractivity contribution in [3.05, 3.63) is 74.3 Å². The molecule has 4 atom stereocenters. The van der Waals surface area contributed by atoms with Gasteiger partial charge in [-0.1, -0.05) is 56.1 Å². The number of thioether (sulfide) groups is 1. The lowest BCUT2D eigenvalue weighted by Gasteiger charge is -2.42. The molecule has 4 aliphatic heterocycles. The van der Waals surface area contributed by atoms with Gasteiger partial charge >= 0.3 is 0 Å². The highest BCUT2D eigenvalue weighted by molar-refractivity contribution is 8.18. The van der Waals surface area contributed by atoms with Gasteiger partial charge in [-0.2, -0.15) is 0 Å². The summed E-state index contributed by atoms with van der Waals surface area (Å²) >= 11 is 13.6. The molecule has 1 aromatic carbocycles. The van der Waals surface area contributed by atoms with Crippen LogP contribution in [0.4, 0.5) is 4.39 Å². The topological polar surface area (TPSA) is 81.1 Å². The summed E-state index contributed by atoms with van der Waals surface area (Å²) in [5.74, 6) is -0.655. The average Bonchev–Trinajstić information content (AvgIpc) is 3.34. The maximum atomic E-state index is 15.0. The van der Waals surface area contributed by atoms with Crippen LogP contribution in [0.1, 0.15) is 77.0 Å². The molecule has 2 amide bonds. The molecule has 1 saturated carbocycles. The van der Waals surface area contributed by atoms with Gasteiger partial charge < -0.3 is 20.0 Å². The summed E-state index contributed by atoms with van der Waals surface area (Å²) < 4.78 is 15.0. The van der Waals surface area contributed by atoms with Crippen LogP contribution in [0.25, 0.3) is 0 Å². The van der Waals surface area contributed by atoms with E-state index in [1.807, 2.05) is 19.1 Å². The Hall–Kier alpha value is -2.66. The molecule has 1 N–H and O–H groups in total. The first kappa shape index (κ1) is 31.9. The fourth-order valence-corrected chi connectivity index (χ4v) is 9.23. The lowest BCUT2D eigenvalue weighted by atomic mass is 9.81. The number of rotatable bonds is 6. The number of hydrogen-bond donors (Lipinski definition) is 1. The number of piperazine rings is 1. The Labute approximate surface area is 283 Å². The maximum absolute atomic E-state index is 15.0. The second kappa shape index (κ2) is 11.8. The van der Waals surface area contributed by atoms with Crippen LogP contribution < -0.4 is 5.32 Å². The van der Waals surface area contributed by atoms with Crippen LogP contribution in [-0.2, 0) is 15.1 Å². The van der Waals surface area contributed by atoms with Crippen molar-refractivity contribution in [3.63, 3.8) is 0 Å². The second-order valence-corrected chi connectivity index (χ2v) is 15.4. The highest BCUT2D eigenvalue weighted by Gasteiger charge is 2.55. The molecule has 8 nitrogen and oxygen atoms in total. The number of likely N-dealkylation sites (tertiary alicyclic amines) is 1. The van der Waals surface area contributed by atoms with Crippen LogP contribution in [-0.4, -0.2) is 73.9 Å². The number of carbonyl (C=O) groups excluding carboxylic acids is 2. The zero-order valence-electron chi connectivity index (χ0n) is 26.5. The third kappa shape index (κ3) is 5.24. The van der Waals surface area contributed by atoms with Gasteiger partial charge in [0.05, 0.1) is 11.1 Å². The van der Waals surface area contributed by atoms with Gasteiger partial charge in [0.15, 0.2) is 5.17 Å². The van der Waals surface area contributed by atoms with Crippen molar-refractivity contribution in [1.29, 1.82) is 0 Å². The fraction of sp³-hybridized carbons (Fsp3) is 0.529. The molecule has 3 fully saturated rings. The molecule has 1 aliphatic carbocycles. The number of nitrogens with zero attached hydrogens (tertiary/aromatic N) is 5. The summed E-state index contributed by atoms with van der Waals surface area (Å²) in [4.78, 5) is 44.8. The van der Waals surface area contributed by atoms with Crippen molar-refractivity contribution in [2.24, 2.45) is 10.9 Å². The Kier molecular flexibility index (Phi) is 8.18. The molecule has 1 spiro atoms. The Morgan fingerprint density at radius 1 is 1.17 bits per heavy atom. The highest BCUT2D eigenvalue weighted by atomic mass is 35.5. The smallest absolute Gasteiger partial charge is 0.263 e. The number of carbonyl (C=O) groups is 2. The molecular formula is C34H39Cl2FN6O2S. The third-order valence-electron chi connectivity index (χ3n) is 10.4. The molecule has 244 valence electrons. The number of aliphatic imine (C=N–C) groups is 1. The van der Waals surface area contributed by atoms with Crippen molar-refractivity contribution in [2.45, 2.75) is 89.0 Å². The van der Waals surface area contributed by atoms with E-state index in [-0.39, 0.29) is 34.3 Å². The van der Waals surface area contributed by atoms with Crippen LogP contribution >= 0.6 is 35.0 Å². The Morgan fingerprint density at radius 2 is 1.96 bits per heavy atom. The minimum atomic E-state index is -0.864. The Morgan fingerprint density at radius 3 is 2.61 bits per heavy atom. The Balaban J connectivity index is 1.25. The van der Waals surface area contributed by atoms with Crippen LogP contribution in [0, 0.1) is 11.7 Å². The van der Waals surface area contributed by atoms with Gasteiger partial charge in [-0.15, -0.1) is 0 Å². The first-order valence-corrected chi connectivity index (χ1v) is 17.8. The molecule has 7 rings (SSSR count). The molecule has 1 aromatic heterocycles. The first-order chi connectivity index (χ1) is 22.0. The van der Waals surface area contributed by atoms with Crippen molar-refractivity contribution >= 4 is 51.9 Å². The number of amidine groups is 1. The summed E-state index contributed by atoms with van der Waals surface area (Å²) in [5, 5.41) is 4.73. The summed E-state index contributed by atoms with van der Waals surface area (Å²) in [7, 11) is 0. The molecular weight excluding hydrogens is 646 g/mol. The number of pyridine rings is 1. The zero-order chi connectivity index (χ0) is 32.5. The van der Waals surface area contributed by atoms with Crippen LogP contribution in [0.2, 0.25) is 10.2 Å².